The highest BCUT2D eigenvalue weighted by molar-refractivity contribution is 5.44. The molecule has 0 fully saturated rings. The molecule has 1 heteroatoms. The molecule has 0 spiro atoms. The van der Waals surface area contributed by atoms with Crippen LogP contribution in [0.3, 0.4) is 0 Å². The van der Waals surface area contributed by atoms with E-state index in [1.807, 2.05) is 0 Å². The topological polar surface area (TPSA) is 0 Å². The van der Waals surface area contributed by atoms with Gasteiger partial charge in [-0.2, -0.15) is 0 Å². The summed E-state index contributed by atoms with van der Waals surface area (Å²) in [7, 11) is 0. The summed E-state index contributed by atoms with van der Waals surface area (Å²) in [6.45, 7) is 13.0. The van der Waals surface area contributed by atoms with Crippen LogP contribution in [0.25, 0.3) is 0 Å². The fraction of sp³-hybridized carbons (Fsp3) is 0.684. The number of hydrogen-bond acceptors (Lipinski definition) is 0. The highest BCUT2D eigenvalue weighted by Gasteiger charge is 2.27. The molecular weight excluding hydrogens is 242 g/mol. The van der Waals surface area contributed by atoms with Gasteiger partial charge in [-0.1, -0.05) is 51.3 Å². The van der Waals surface area contributed by atoms with Crippen LogP contribution in [-0.4, -0.2) is 19.6 Å². The van der Waals surface area contributed by atoms with Crippen LogP contribution in [0.2, 0.25) is 0 Å². The number of benzene rings is 1. The second-order valence-corrected chi connectivity index (χ2v) is 6.21. The van der Waals surface area contributed by atoms with Crippen molar-refractivity contribution in [2.45, 2.75) is 66.2 Å². The highest BCUT2D eigenvalue weighted by Crippen LogP contribution is 2.26. The normalized spacial score (nSPS) is 11.8. The second-order valence-electron chi connectivity index (χ2n) is 6.21. The number of unbranched alkanes of at least 4 members (excludes halogenated alkanes) is 3. The Bertz CT molecular complexity index is 347. The van der Waals surface area contributed by atoms with Crippen molar-refractivity contribution in [2.24, 2.45) is 0 Å². The minimum absolute atomic E-state index is 1.19. The third-order valence-corrected chi connectivity index (χ3v) is 4.32. The van der Waals surface area contributed by atoms with E-state index < -0.39 is 0 Å². The van der Waals surface area contributed by atoms with Crippen molar-refractivity contribution in [3.05, 3.63) is 29.8 Å². The van der Waals surface area contributed by atoms with E-state index >= 15 is 0 Å². The number of nitrogens with zero attached hydrogens (tertiary/aromatic N) is 1. The molecule has 20 heavy (non-hydrogen) atoms. The lowest BCUT2D eigenvalue weighted by molar-refractivity contribution is 0.266. The second kappa shape index (κ2) is 9.18. The summed E-state index contributed by atoms with van der Waals surface area (Å²) >= 11 is 0. The van der Waals surface area contributed by atoms with Crippen LogP contribution in [-0.2, 0) is 0 Å². The predicted molar refractivity (Wildman–Crippen MR) is 92.3 cm³/mol. The Hall–Kier alpha value is -0.820. The maximum absolute atomic E-state index is 2.36. The first-order chi connectivity index (χ1) is 9.68. The third kappa shape index (κ3) is 4.94. The van der Waals surface area contributed by atoms with Crippen molar-refractivity contribution in [2.75, 3.05) is 19.6 Å². The molecule has 0 N–H and O–H groups in total. The van der Waals surface area contributed by atoms with Gasteiger partial charge >= 0.3 is 0 Å². The van der Waals surface area contributed by atoms with Crippen molar-refractivity contribution >= 4 is 5.69 Å². The zero-order valence-electron chi connectivity index (χ0n) is 14.1. The molecule has 0 aromatic heterocycles. The van der Waals surface area contributed by atoms with Crippen LogP contribution >= 0.6 is 0 Å². The molecule has 0 bridgehead atoms. The Labute approximate surface area is 126 Å². The van der Waals surface area contributed by atoms with Gasteiger partial charge < -0.3 is 0 Å². The Morgan fingerprint density at radius 1 is 0.700 bits per heavy atom. The molecular formula is C19H34N+. The van der Waals surface area contributed by atoms with Crippen LogP contribution in [0.5, 0.6) is 0 Å². The van der Waals surface area contributed by atoms with Crippen LogP contribution < -0.4 is 4.48 Å². The molecule has 0 aliphatic heterocycles. The standard InChI is InChI=1S/C19H34N/c1-5-8-9-10-17-20(15-6-2,16-7-3)19-13-11-18(4)12-14-19/h11-14H,5-10,15-17H2,1-4H3/q+1. The van der Waals surface area contributed by atoms with E-state index in [0.717, 1.165) is 0 Å². The first-order valence-corrected chi connectivity index (χ1v) is 8.61. The van der Waals surface area contributed by atoms with Gasteiger partial charge in [0.05, 0.1) is 19.6 Å². The van der Waals surface area contributed by atoms with Gasteiger partial charge in [-0.15, -0.1) is 0 Å². The van der Waals surface area contributed by atoms with Crippen LogP contribution in [0, 0.1) is 6.92 Å². The number of aryl methyl sites for hydroxylation is 1. The molecule has 0 aliphatic carbocycles. The molecule has 1 nitrogen and oxygen atoms in total. The lowest BCUT2D eigenvalue weighted by atomic mass is 10.1. The number of hydrogen-bond donors (Lipinski definition) is 0. The fourth-order valence-electron chi connectivity index (χ4n) is 3.28. The van der Waals surface area contributed by atoms with Crippen LogP contribution in [0.4, 0.5) is 5.69 Å². The average Bonchev–Trinajstić information content (AvgIpc) is 2.45. The minimum Gasteiger partial charge on any atom is -0.291 e. The molecule has 1 rings (SSSR count). The van der Waals surface area contributed by atoms with Gasteiger partial charge in [0.1, 0.15) is 5.69 Å². The van der Waals surface area contributed by atoms with Gasteiger partial charge in [-0.25, -0.2) is 0 Å². The summed E-state index contributed by atoms with van der Waals surface area (Å²) in [4.78, 5) is 0. The van der Waals surface area contributed by atoms with Crippen LogP contribution in [0.15, 0.2) is 24.3 Å². The monoisotopic (exact) mass is 276 g/mol. The van der Waals surface area contributed by atoms with Gasteiger partial charge in [0.15, 0.2) is 0 Å². The van der Waals surface area contributed by atoms with Crippen molar-refractivity contribution in [3.8, 4) is 0 Å². The molecule has 0 amide bonds. The van der Waals surface area contributed by atoms with E-state index in [4.69, 9.17) is 0 Å². The van der Waals surface area contributed by atoms with Gasteiger partial charge in [0.25, 0.3) is 0 Å². The fourth-order valence-corrected chi connectivity index (χ4v) is 3.28. The van der Waals surface area contributed by atoms with Crippen molar-refractivity contribution < 1.29 is 0 Å². The molecule has 0 unspecified atom stereocenters. The Morgan fingerprint density at radius 3 is 1.80 bits per heavy atom. The largest absolute Gasteiger partial charge is 0.291 e. The van der Waals surface area contributed by atoms with E-state index in [9.17, 15) is 0 Å². The van der Waals surface area contributed by atoms with Gasteiger partial charge in [-0.3, -0.25) is 4.48 Å². The maximum Gasteiger partial charge on any atom is 0.132 e. The third-order valence-electron chi connectivity index (χ3n) is 4.32. The summed E-state index contributed by atoms with van der Waals surface area (Å²) in [5.74, 6) is 0. The summed E-state index contributed by atoms with van der Waals surface area (Å²) < 4.78 is 1.19. The summed E-state index contributed by atoms with van der Waals surface area (Å²) in [6, 6.07) is 9.28. The number of quaternary nitrogens is 1. The zero-order chi connectivity index (χ0) is 14.8. The Morgan fingerprint density at radius 2 is 1.30 bits per heavy atom. The van der Waals surface area contributed by atoms with E-state index in [1.165, 1.54) is 73.9 Å². The molecule has 114 valence electrons. The van der Waals surface area contributed by atoms with Crippen molar-refractivity contribution in [3.63, 3.8) is 0 Å². The summed E-state index contributed by atoms with van der Waals surface area (Å²) in [5, 5.41) is 0. The maximum atomic E-state index is 2.36. The Kier molecular flexibility index (Phi) is 7.91. The zero-order valence-corrected chi connectivity index (χ0v) is 14.1. The van der Waals surface area contributed by atoms with Crippen LogP contribution in [0.1, 0.15) is 64.9 Å². The molecule has 0 radical (unpaired) electrons. The van der Waals surface area contributed by atoms with Crippen molar-refractivity contribution in [1.29, 1.82) is 0 Å². The molecule has 1 aromatic rings. The average molecular weight is 276 g/mol. The molecule has 1 aromatic carbocycles. The van der Waals surface area contributed by atoms with E-state index in [2.05, 4.69) is 52.0 Å². The molecule has 0 heterocycles. The minimum atomic E-state index is 1.19. The van der Waals surface area contributed by atoms with Gasteiger partial charge in [0, 0.05) is 0 Å². The SMILES string of the molecule is CCCCCC[N+](CCC)(CCC)c1ccc(C)cc1. The molecule has 0 saturated heterocycles. The summed E-state index contributed by atoms with van der Waals surface area (Å²) in [5.41, 5.74) is 2.89. The highest BCUT2D eigenvalue weighted by atomic mass is 15.4. The Balaban J connectivity index is 2.87. The van der Waals surface area contributed by atoms with Gasteiger partial charge in [0.2, 0.25) is 0 Å². The lowest BCUT2D eigenvalue weighted by Crippen LogP contribution is -2.51. The molecule has 0 saturated carbocycles. The number of rotatable bonds is 10. The quantitative estimate of drug-likeness (QED) is 0.380. The van der Waals surface area contributed by atoms with Gasteiger partial charge in [-0.05, 0) is 44.7 Å². The van der Waals surface area contributed by atoms with E-state index in [1.54, 1.807) is 0 Å². The molecule has 0 atom stereocenters. The predicted octanol–water partition coefficient (Wildman–Crippen LogP) is 5.70. The first-order valence-electron chi connectivity index (χ1n) is 8.61. The smallest absolute Gasteiger partial charge is 0.132 e. The van der Waals surface area contributed by atoms with Crippen molar-refractivity contribution in [1.82, 2.24) is 4.48 Å². The first kappa shape index (κ1) is 17.2. The van der Waals surface area contributed by atoms with E-state index in [0.29, 0.717) is 0 Å². The lowest BCUT2D eigenvalue weighted by Gasteiger charge is -2.38. The van der Waals surface area contributed by atoms with E-state index in [-0.39, 0.29) is 0 Å². The summed E-state index contributed by atoms with van der Waals surface area (Å²) in [6.07, 6.45) is 7.99. The molecule has 0 aliphatic rings.